The van der Waals surface area contributed by atoms with Crippen LogP contribution in [0.2, 0.25) is 0 Å². The highest BCUT2D eigenvalue weighted by atomic mass is 16.2. The molecular weight excluding hydrogens is 398 g/mol. The molecule has 2 aliphatic heterocycles. The van der Waals surface area contributed by atoms with Gasteiger partial charge in [-0.1, -0.05) is 42.5 Å². The monoisotopic (exact) mass is 431 g/mol. The van der Waals surface area contributed by atoms with Crippen LogP contribution in [0.3, 0.4) is 0 Å². The third-order valence-corrected chi connectivity index (χ3v) is 8.25. The first-order chi connectivity index (χ1) is 15.4. The van der Waals surface area contributed by atoms with E-state index in [1.165, 1.54) is 11.1 Å². The van der Waals surface area contributed by atoms with Crippen molar-refractivity contribution in [3.8, 4) is 0 Å². The number of rotatable bonds is 4. The minimum absolute atomic E-state index is 0.0678. The highest BCUT2D eigenvalue weighted by Gasteiger charge is 2.51. The van der Waals surface area contributed by atoms with Crippen LogP contribution >= 0.6 is 0 Å². The van der Waals surface area contributed by atoms with E-state index in [1.807, 2.05) is 36.1 Å². The van der Waals surface area contributed by atoms with Gasteiger partial charge in [0.15, 0.2) is 0 Å². The molecule has 0 unspecified atom stereocenters. The van der Waals surface area contributed by atoms with Gasteiger partial charge in [0.1, 0.15) is 0 Å². The van der Waals surface area contributed by atoms with Crippen LogP contribution in [0.4, 0.5) is 5.69 Å². The molecule has 5 rings (SSSR count). The Kier molecular flexibility index (Phi) is 5.12. The highest BCUT2D eigenvalue weighted by Crippen LogP contribution is 2.47. The Labute approximate surface area is 190 Å². The van der Waals surface area contributed by atoms with Crippen molar-refractivity contribution in [3.05, 3.63) is 65.2 Å². The number of nitrogens with zero attached hydrogens (tertiary/aromatic N) is 2. The summed E-state index contributed by atoms with van der Waals surface area (Å²) in [6, 6.07) is 17.1. The largest absolute Gasteiger partial charge is 0.359 e. The van der Waals surface area contributed by atoms with Gasteiger partial charge in [-0.05, 0) is 62.3 Å². The Morgan fingerprint density at radius 1 is 1.03 bits per heavy atom. The number of amides is 2. The molecule has 2 aromatic carbocycles. The zero-order chi connectivity index (χ0) is 22.5. The molecule has 0 bridgehead atoms. The zero-order valence-electron chi connectivity index (χ0n) is 19.4. The lowest BCUT2D eigenvalue weighted by Gasteiger charge is -2.45. The summed E-state index contributed by atoms with van der Waals surface area (Å²) in [7, 11) is 1.63. The Hall–Kier alpha value is -2.66. The van der Waals surface area contributed by atoms with Crippen molar-refractivity contribution in [2.75, 3.05) is 25.0 Å². The standard InChI is InChI=1S/C27H33N3O2/c1-26(18-24(31)28-3)22-10-6-7-11-23(22)30(25(26)32)20-13-16-29(17-14-20)27(2)15-12-19-8-4-5-9-21(19)27/h4-11,20H,12-18H2,1-3H3,(H,28,31)/t26-,27+/m1/s1. The van der Waals surface area contributed by atoms with Crippen molar-refractivity contribution in [3.63, 3.8) is 0 Å². The van der Waals surface area contributed by atoms with Gasteiger partial charge in [0, 0.05) is 43.8 Å². The van der Waals surface area contributed by atoms with Gasteiger partial charge < -0.3 is 10.2 Å². The summed E-state index contributed by atoms with van der Waals surface area (Å²) >= 11 is 0. The number of piperidine rings is 1. The smallest absolute Gasteiger partial charge is 0.238 e. The molecule has 2 atom stereocenters. The van der Waals surface area contributed by atoms with E-state index in [0.29, 0.717) is 0 Å². The fourth-order valence-electron chi connectivity index (χ4n) is 6.31. The fraction of sp³-hybridized carbons (Fsp3) is 0.481. The molecule has 32 heavy (non-hydrogen) atoms. The van der Waals surface area contributed by atoms with Gasteiger partial charge in [-0.15, -0.1) is 0 Å². The number of benzene rings is 2. The maximum Gasteiger partial charge on any atom is 0.238 e. The maximum atomic E-state index is 13.7. The average Bonchev–Trinajstić information content (AvgIpc) is 3.27. The molecule has 168 valence electrons. The first-order valence-electron chi connectivity index (χ1n) is 11.9. The highest BCUT2D eigenvalue weighted by molar-refractivity contribution is 6.10. The van der Waals surface area contributed by atoms with Gasteiger partial charge in [0.05, 0.1) is 5.41 Å². The minimum atomic E-state index is -0.801. The lowest BCUT2D eigenvalue weighted by atomic mass is 9.80. The van der Waals surface area contributed by atoms with Crippen molar-refractivity contribution in [2.24, 2.45) is 0 Å². The van der Waals surface area contributed by atoms with Crippen molar-refractivity contribution in [1.82, 2.24) is 10.2 Å². The molecule has 0 spiro atoms. The van der Waals surface area contributed by atoms with E-state index < -0.39 is 5.41 Å². The van der Waals surface area contributed by atoms with Gasteiger partial charge in [0.2, 0.25) is 11.8 Å². The quantitative estimate of drug-likeness (QED) is 0.802. The summed E-state index contributed by atoms with van der Waals surface area (Å²) in [6.07, 6.45) is 4.39. The summed E-state index contributed by atoms with van der Waals surface area (Å²) in [5.74, 6) is -0.0293. The molecule has 1 aliphatic carbocycles. The molecule has 3 aliphatic rings. The van der Waals surface area contributed by atoms with Crippen LogP contribution in [0, 0.1) is 0 Å². The number of carbonyl (C=O) groups excluding carboxylic acids is 2. The van der Waals surface area contributed by atoms with E-state index in [4.69, 9.17) is 0 Å². The predicted molar refractivity (Wildman–Crippen MR) is 127 cm³/mol. The van der Waals surface area contributed by atoms with Gasteiger partial charge >= 0.3 is 0 Å². The Balaban J connectivity index is 1.37. The summed E-state index contributed by atoms with van der Waals surface area (Å²) < 4.78 is 0. The Morgan fingerprint density at radius 3 is 2.41 bits per heavy atom. The molecule has 2 heterocycles. The number of anilines is 1. The van der Waals surface area contributed by atoms with Gasteiger partial charge in [-0.3, -0.25) is 14.5 Å². The van der Waals surface area contributed by atoms with Crippen LogP contribution in [0.25, 0.3) is 0 Å². The van der Waals surface area contributed by atoms with Crippen molar-refractivity contribution >= 4 is 17.5 Å². The molecule has 0 aromatic heterocycles. The lowest BCUT2D eigenvalue weighted by molar-refractivity contribution is -0.129. The van der Waals surface area contributed by atoms with Crippen LogP contribution in [0.1, 0.15) is 56.2 Å². The van der Waals surface area contributed by atoms with Crippen LogP contribution in [0.5, 0.6) is 0 Å². The molecule has 0 saturated carbocycles. The number of hydrogen-bond acceptors (Lipinski definition) is 3. The van der Waals surface area contributed by atoms with E-state index in [0.717, 1.165) is 50.0 Å². The minimum Gasteiger partial charge on any atom is -0.359 e. The third kappa shape index (κ3) is 3.09. The molecular formula is C27H33N3O2. The zero-order valence-corrected chi connectivity index (χ0v) is 19.4. The molecule has 0 radical (unpaired) electrons. The summed E-state index contributed by atoms with van der Waals surface area (Å²) in [6.45, 7) is 6.27. The number of fused-ring (bicyclic) bond motifs is 2. The molecule has 2 amide bonds. The number of aryl methyl sites for hydroxylation is 1. The Morgan fingerprint density at radius 2 is 1.69 bits per heavy atom. The van der Waals surface area contributed by atoms with E-state index in [9.17, 15) is 9.59 Å². The fourth-order valence-corrected chi connectivity index (χ4v) is 6.31. The average molecular weight is 432 g/mol. The van der Waals surface area contributed by atoms with E-state index in [1.54, 1.807) is 7.05 Å². The van der Waals surface area contributed by atoms with Gasteiger partial charge in [-0.2, -0.15) is 0 Å². The number of para-hydroxylation sites is 1. The molecule has 1 saturated heterocycles. The van der Waals surface area contributed by atoms with Crippen molar-refractivity contribution in [1.29, 1.82) is 0 Å². The first kappa shape index (κ1) is 21.2. The van der Waals surface area contributed by atoms with Crippen LogP contribution < -0.4 is 10.2 Å². The first-order valence-corrected chi connectivity index (χ1v) is 11.9. The summed E-state index contributed by atoms with van der Waals surface area (Å²) in [5, 5.41) is 2.70. The van der Waals surface area contributed by atoms with E-state index in [2.05, 4.69) is 41.4 Å². The van der Waals surface area contributed by atoms with Crippen molar-refractivity contribution in [2.45, 2.75) is 62.9 Å². The second-order valence-corrected chi connectivity index (χ2v) is 10.0. The third-order valence-electron chi connectivity index (χ3n) is 8.25. The SMILES string of the molecule is CNC(=O)C[C@@]1(C)C(=O)N(C2CCN([C@@]3(C)CCc4ccccc43)CC2)c2ccccc21. The molecule has 1 N–H and O–H groups in total. The van der Waals surface area contributed by atoms with Crippen LogP contribution in [-0.4, -0.2) is 42.9 Å². The second-order valence-electron chi connectivity index (χ2n) is 10.0. The van der Waals surface area contributed by atoms with Gasteiger partial charge in [0.25, 0.3) is 0 Å². The van der Waals surface area contributed by atoms with Crippen LogP contribution in [0.15, 0.2) is 48.5 Å². The van der Waals surface area contributed by atoms with E-state index >= 15 is 0 Å². The summed E-state index contributed by atoms with van der Waals surface area (Å²) in [4.78, 5) is 30.6. The Bertz CT molecular complexity index is 1060. The molecule has 5 heteroatoms. The number of carbonyl (C=O) groups is 2. The topological polar surface area (TPSA) is 52.7 Å². The molecule has 1 fully saturated rings. The summed E-state index contributed by atoms with van der Waals surface area (Å²) in [5.41, 5.74) is 4.20. The van der Waals surface area contributed by atoms with Crippen molar-refractivity contribution < 1.29 is 9.59 Å². The normalized spacial score (nSPS) is 28.0. The number of hydrogen-bond donors (Lipinski definition) is 1. The lowest BCUT2D eigenvalue weighted by Crippen LogP contribution is -2.53. The number of nitrogens with one attached hydrogen (secondary N) is 1. The molecule has 2 aromatic rings. The van der Waals surface area contributed by atoms with E-state index in [-0.39, 0.29) is 29.8 Å². The molecule has 5 nitrogen and oxygen atoms in total. The second kappa shape index (κ2) is 7.73. The number of likely N-dealkylation sites (tertiary alicyclic amines) is 1. The van der Waals surface area contributed by atoms with Gasteiger partial charge in [-0.25, -0.2) is 0 Å². The predicted octanol–water partition coefficient (Wildman–Crippen LogP) is 3.75. The van der Waals surface area contributed by atoms with Crippen LogP contribution in [-0.2, 0) is 27.0 Å². The maximum absolute atomic E-state index is 13.7.